The molecular formula is C17H18ClFN4O. The third-order valence-electron chi connectivity index (χ3n) is 4.06. The molecule has 0 spiro atoms. The summed E-state index contributed by atoms with van der Waals surface area (Å²) in [5.74, 6) is 0.115. The summed E-state index contributed by atoms with van der Waals surface area (Å²) in [6.07, 6.45) is 6.76. The number of benzene rings is 1. The van der Waals surface area contributed by atoms with Crippen LogP contribution in [0.25, 0.3) is 0 Å². The molecule has 2 aromatic rings. The van der Waals surface area contributed by atoms with E-state index < -0.39 is 5.82 Å². The molecule has 5 nitrogen and oxygen atoms in total. The van der Waals surface area contributed by atoms with Crippen LogP contribution in [0.1, 0.15) is 18.4 Å². The van der Waals surface area contributed by atoms with Crippen molar-refractivity contribution in [3.8, 4) is 0 Å². The number of hydrogen-bond acceptors (Lipinski definition) is 4. The first-order valence-corrected chi connectivity index (χ1v) is 8.24. The molecule has 1 aromatic heterocycles. The molecule has 0 saturated carbocycles. The van der Waals surface area contributed by atoms with Gasteiger partial charge >= 0.3 is 0 Å². The van der Waals surface area contributed by atoms with Gasteiger partial charge in [-0.1, -0.05) is 17.7 Å². The molecule has 1 amide bonds. The van der Waals surface area contributed by atoms with Crippen LogP contribution in [0.15, 0.2) is 36.8 Å². The summed E-state index contributed by atoms with van der Waals surface area (Å²) in [7, 11) is 0. The van der Waals surface area contributed by atoms with Crippen molar-refractivity contribution in [2.24, 2.45) is 0 Å². The molecule has 2 heterocycles. The van der Waals surface area contributed by atoms with Crippen molar-refractivity contribution < 1.29 is 9.18 Å². The second kappa shape index (κ2) is 7.57. The molecule has 126 valence electrons. The fourth-order valence-corrected chi connectivity index (χ4v) is 3.13. The summed E-state index contributed by atoms with van der Waals surface area (Å²) >= 11 is 5.98. The smallest absolute Gasteiger partial charge is 0.224 e. The molecule has 1 atom stereocenters. The second-order valence-corrected chi connectivity index (χ2v) is 6.20. The maximum Gasteiger partial charge on any atom is 0.224 e. The monoisotopic (exact) mass is 348 g/mol. The molecule has 0 bridgehead atoms. The highest BCUT2D eigenvalue weighted by Gasteiger charge is 2.23. The molecule has 1 aromatic carbocycles. The molecule has 1 N–H and O–H groups in total. The van der Waals surface area contributed by atoms with E-state index in [1.165, 1.54) is 12.1 Å². The molecule has 0 aliphatic carbocycles. The van der Waals surface area contributed by atoms with Gasteiger partial charge < -0.3 is 10.2 Å². The van der Waals surface area contributed by atoms with E-state index in [1.54, 1.807) is 24.7 Å². The lowest BCUT2D eigenvalue weighted by atomic mass is 10.0. The minimum Gasteiger partial charge on any atom is -0.353 e. The number of carbonyl (C=O) groups is 1. The number of rotatable bonds is 4. The van der Waals surface area contributed by atoms with E-state index in [0.717, 1.165) is 25.2 Å². The van der Waals surface area contributed by atoms with Gasteiger partial charge in [-0.05, 0) is 25.0 Å². The highest BCUT2D eigenvalue weighted by Crippen LogP contribution is 2.20. The van der Waals surface area contributed by atoms with E-state index in [0.29, 0.717) is 6.54 Å². The Bertz CT molecular complexity index is 693. The number of hydrogen-bond donors (Lipinski definition) is 1. The lowest BCUT2D eigenvalue weighted by Crippen LogP contribution is -2.48. The van der Waals surface area contributed by atoms with E-state index in [4.69, 9.17) is 11.6 Å². The van der Waals surface area contributed by atoms with E-state index in [1.807, 2.05) is 0 Å². The number of nitrogens with zero attached hydrogens (tertiary/aromatic N) is 3. The molecule has 0 unspecified atom stereocenters. The Hall–Kier alpha value is -2.21. The number of halogens is 2. The summed E-state index contributed by atoms with van der Waals surface area (Å²) < 4.78 is 13.8. The maximum absolute atomic E-state index is 13.8. The molecule has 7 heteroatoms. The SMILES string of the molecule is O=C(Cc1c(F)cccc1Cl)N[C@H]1CCCN(c2cnccn2)C1. The third-order valence-corrected chi connectivity index (χ3v) is 4.41. The van der Waals surface area contributed by atoms with Gasteiger partial charge in [0.15, 0.2) is 0 Å². The molecule has 3 rings (SSSR count). The van der Waals surface area contributed by atoms with Crippen molar-refractivity contribution in [1.29, 1.82) is 0 Å². The average molecular weight is 349 g/mol. The fraction of sp³-hybridized carbons (Fsp3) is 0.353. The standard InChI is InChI=1S/C17H18ClFN4O/c18-14-4-1-5-15(19)13(14)9-17(24)22-12-3-2-8-23(11-12)16-10-20-6-7-21-16/h1,4-7,10,12H,2-3,8-9,11H2,(H,22,24)/t12-/m0/s1. The Morgan fingerprint density at radius 2 is 2.29 bits per heavy atom. The largest absolute Gasteiger partial charge is 0.353 e. The van der Waals surface area contributed by atoms with Crippen LogP contribution in [0, 0.1) is 5.82 Å². The summed E-state index contributed by atoms with van der Waals surface area (Å²) in [5, 5.41) is 3.24. The Balaban J connectivity index is 1.60. The lowest BCUT2D eigenvalue weighted by Gasteiger charge is -2.33. The topological polar surface area (TPSA) is 58.1 Å². The van der Waals surface area contributed by atoms with Crippen LogP contribution < -0.4 is 10.2 Å². The molecule has 1 aliphatic rings. The molecule has 1 saturated heterocycles. The van der Waals surface area contributed by atoms with E-state index in [-0.39, 0.29) is 29.0 Å². The summed E-state index contributed by atoms with van der Waals surface area (Å²) in [4.78, 5) is 22.7. The van der Waals surface area contributed by atoms with E-state index in [2.05, 4.69) is 20.2 Å². The maximum atomic E-state index is 13.8. The number of carbonyl (C=O) groups excluding carboxylic acids is 1. The average Bonchev–Trinajstić information content (AvgIpc) is 2.59. The molecule has 1 fully saturated rings. The predicted molar refractivity (Wildman–Crippen MR) is 90.5 cm³/mol. The third kappa shape index (κ3) is 4.00. The normalized spacial score (nSPS) is 17.6. The van der Waals surface area contributed by atoms with Gasteiger partial charge in [0.05, 0.1) is 12.6 Å². The van der Waals surface area contributed by atoms with Crippen LogP contribution in [0.2, 0.25) is 5.02 Å². The van der Waals surface area contributed by atoms with Gasteiger partial charge in [-0.2, -0.15) is 0 Å². The van der Waals surface area contributed by atoms with Gasteiger partial charge in [-0.15, -0.1) is 0 Å². The molecular weight excluding hydrogens is 331 g/mol. The van der Waals surface area contributed by atoms with Crippen molar-refractivity contribution in [2.75, 3.05) is 18.0 Å². The predicted octanol–water partition coefficient (Wildman–Crippen LogP) is 2.60. The van der Waals surface area contributed by atoms with Crippen LogP contribution in [0.4, 0.5) is 10.2 Å². The number of nitrogens with one attached hydrogen (secondary N) is 1. The minimum absolute atomic E-state index is 0.00111. The zero-order chi connectivity index (χ0) is 16.9. The van der Waals surface area contributed by atoms with Crippen molar-refractivity contribution in [2.45, 2.75) is 25.3 Å². The quantitative estimate of drug-likeness (QED) is 0.922. The van der Waals surface area contributed by atoms with Gasteiger partial charge in [0.25, 0.3) is 0 Å². The first-order valence-electron chi connectivity index (χ1n) is 7.86. The van der Waals surface area contributed by atoms with Gasteiger partial charge in [0.2, 0.25) is 5.91 Å². The lowest BCUT2D eigenvalue weighted by molar-refractivity contribution is -0.121. The highest BCUT2D eigenvalue weighted by molar-refractivity contribution is 6.31. The van der Waals surface area contributed by atoms with E-state index >= 15 is 0 Å². The summed E-state index contributed by atoms with van der Waals surface area (Å²) in [6.45, 7) is 1.54. The zero-order valence-corrected chi connectivity index (χ0v) is 13.8. The fourth-order valence-electron chi connectivity index (χ4n) is 2.90. The van der Waals surface area contributed by atoms with Crippen molar-refractivity contribution in [3.63, 3.8) is 0 Å². The van der Waals surface area contributed by atoms with Crippen LogP contribution in [-0.4, -0.2) is 35.0 Å². The zero-order valence-electron chi connectivity index (χ0n) is 13.1. The molecule has 0 radical (unpaired) electrons. The highest BCUT2D eigenvalue weighted by atomic mass is 35.5. The molecule has 24 heavy (non-hydrogen) atoms. The van der Waals surface area contributed by atoms with Crippen LogP contribution in [-0.2, 0) is 11.2 Å². The van der Waals surface area contributed by atoms with Crippen LogP contribution >= 0.6 is 11.6 Å². The van der Waals surface area contributed by atoms with Gasteiger partial charge in [-0.3, -0.25) is 9.78 Å². The number of piperidine rings is 1. The first-order chi connectivity index (χ1) is 11.6. The summed E-state index contributed by atoms with van der Waals surface area (Å²) in [5.41, 5.74) is 0.234. The molecule has 1 aliphatic heterocycles. The van der Waals surface area contributed by atoms with Crippen molar-refractivity contribution in [1.82, 2.24) is 15.3 Å². The Morgan fingerprint density at radius 3 is 3.04 bits per heavy atom. The minimum atomic E-state index is -0.456. The van der Waals surface area contributed by atoms with Crippen LogP contribution in [0.3, 0.4) is 0 Å². The van der Waals surface area contributed by atoms with Gasteiger partial charge in [0.1, 0.15) is 11.6 Å². The second-order valence-electron chi connectivity index (χ2n) is 5.79. The first kappa shape index (κ1) is 16.6. The van der Waals surface area contributed by atoms with Crippen molar-refractivity contribution in [3.05, 3.63) is 53.2 Å². The van der Waals surface area contributed by atoms with E-state index in [9.17, 15) is 9.18 Å². The Morgan fingerprint density at radius 1 is 1.42 bits per heavy atom. The van der Waals surface area contributed by atoms with Crippen molar-refractivity contribution >= 4 is 23.3 Å². The van der Waals surface area contributed by atoms with Gasteiger partial charge in [-0.25, -0.2) is 9.37 Å². The number of aromatic nitrogens is 2. The number of amides is 1. The Labute approximate surface area is 144 Å². The number of anilines is 1. The van der Waals surface area contributed by atoms with Crippen LogP contribution in [0.5, 0.6) is 0 Å². The summed E-state index contributed by atoms with van der Waals surface area (Å²) in [6, 6.07) is 4.42. The Kier molecular flexibility index (Phi) is 5.25. The van der Waals surface area contributed by atoms with Gasteiger partial charge in [0, 0.05) is 42.1 Å².